The minimum Gasteiger partial charge on any atom is -0.397 e. The SMILES string of the molecule is CCNC(=O)c1sc(NC2CCCC(C)CC2)cc1N. The van der Waals surface area contributed by atoms with Crippen LogP contribution in [0.4, 0.5) is 10.7 Å². The average molecular weight is 295 g/mol. The zero-order chi connectivity index (χ0) is 14.5. The molecule has 2 rings (SSSR count). The van der Waals surface area contributed by atoms with Crippen molar-refractivity contribution in [1.29, 1.82) is 0 Å². The Morgan fingerprint density at radius 3 is 2.95 bits per heavy atom. The molecule has 4 nitrogen and oxygen atoms in total. The van der Waals surface area contributed by atoms with Crippen molar-refractivity contribution in [3.8, 4) is 0 Å². The highest BCUT2D eigenvalue weighted by atomic mass is 32.1. The number of amides is 1. The maximum atomic E-state index is 11.9. The summed E-state index contributed by atoms with van der Waals surface area (Å²) in [6.07, 6.45) is 6.30. The van der Waals surface area contributed by atoms with Gasteiger partial charge in [0, 0.05) is 12.6 Å². The maximum Gasteiger partial charge on any atom is 0.263 e. The summed E-state index contributed by atoms with van der Waals surface area (Å²) in [5.41, 5.74) is 6.51. The molecule has 0 saturated heterocycles. The first-order valence-electron chi connectivity index (χ1n) is 7.54. The Kier molecular flexibility index (Phi) is 5.29. The lowest BCUT2D eigenvalue weighted by atomic mass is 10.0. The van der Waals surface area contributed by atoms with E-state index in [1.807, 2.05) is 13.0 Å². The Morgan fingerprint density at radius 1 is 1.40 bits per heavy atom. The monoisotopic (exact) mass is 295 g/mol. The van der Waals surface area contributed by atoms with Gasteiger partial charge in [-0.3, -0.25) is 4.79 Å². The van der Waals surface area contributed by atoms with Crippen molar-refractivity contribution >= 4 is 27.9 Å². The molecule has 1 saturated carbocycles. The number of nitrogens with one attached hydrogen (secondary N) is 2. The van der Waals surface area contributed by atoms with E-state index in [9.17, 15) is 4.79 Å². The van der Waals surface area contributed by atoms with Crippen LogP contribution in [0.15, 0.2) is 6.07 Å². The molecular formula is C15H25N3OS. The van der Waals surface area contributed by atoms with Crippen molar-refractivity contribution in [2.75, 3.05) is 17.6 Å². The molecule has 0 aliphatic heterocycles. The highest BCUT2D eigenvalue weighted by Crippen LogP contribution is 2.32. The first kappa shape index (κ1) is 15.2. The van der Waals surface area contributed by atoms with Crippen molar-refractivity contribution in [2.45, 2.75) is 52.0 Å². The normalized spacial score (nSPS) is 23.1. The summed E-state index contributed by atoms with van der Waals surface area (Å²) in [5, 5.41) is 7.37. The van der Waals surface area contributed by atoms with Gasteiger partial charge in [-0.05, 0) is 38.2 Å². The van der Waals surface area contributed by atoms with E-state index < -0.39 is 0 Å². The Hall–Kier alpha value is -1.23. The van der Waals surface area contributed by atoms with E-state index in [4.69, 9.17) is 5.73 Å². The number of carbonyl (C=O) groups is 1. The fraction of sp³-hybridized carbons (Fsp3) is 0.667. The van der Waals surface area contributed by atoms with Crippen LogP contribution in [0, 0.1) is 5.92 Å². The number of carbonyl (C=O) groups excluding carboxylic acids is 1. The van der Waals surface area contributed by atoms with Crippen LogP contribution in [0.3, 0.4) is 0 Å². The molecule has 0 bridgehead atoms. The molecule has 2 unspecified atom stereocenters. The Morgan fingerprint density at radius 2 is 2.20 bits per heavy atom. The smallest absolute Gasteiger partial charge is 0.263 e. The summed E-state index contributed by atoms with van der Waals surface area (Å²) < 4.78 is 0. The zero-order valence-electron chi connectivity index (χ0n) is 12.4. The van der Waals surface area contributed by atoms with Gasteiger partial charge < -0.3 is 16.4 Å². The van der Waals surface area contributed by atoms with Gasteiger partial charge in [0.15, 0.2) is 0 Å². The second-order valence-electron chi connectivity index (χ2n) is 5.71. The zero-order valence-corrected chi connectivity index (χ0v) is 13.2. The van der Waals surface area contributed by atoms with E-state index in [1.54, 1.807) is 0 Å². The second kappa shape index (κ2) is 6.97. The van der Waals surface area contributed by atoms with Gasteiger partial charge in [0.05, 0.1) is 10.7 Å². The van der Waals surface area contributed by atoms with E-state index in [-0.39, 0.29) is 5.91 Å². The Balaban J connectivity index is 1.99. The topological polar surface area (TPSA) is 67.2 Å². The largest absolute Gasteiger partial charge is 0.397 e. The number of anilines is 2. The van der Waals surface area contributed by atoms with Crippen LogP contribution in [-0.2, 0) is 0 Å². The van der Waals surface area contributed by atoms with Crippen LogP contribution in [0.5, 0.6) is 0 Å². The number of nitrogen functional groups attached to an aromatic ring is 1. The van der Waals surface area contributed by atoms with Crippen LogP contribution < -0.4 is 16.4 Å². The highest BCUT2D eigenvalue weighted by Gasteiger charge is 2.19. The molecule has 2 atom stereocenters. The Labute approximate surface area is 125 Å². The van der Waals surface area contributed by atoms with Crippen LogP contribution in [-0.4, -0.2) is 18.5 Å². The van der Waals surface area contributed by atoms with Crippen molar-refractivity contribution in [2.24, 2.45) is 5.92 Å². The summed E-state index contributed by atoms with van der Waals surface area (Å²) in [7, 11) is 0. The minimum atomic E-state index is -0.0717. The number of rotatable bonds is 4. The summed E-state index contributed by atoms with van der Waals surface area (Å²) in [4.78, 5) is 12.5. The van der Waals surface area contributed by atoms with Gasteiger partial charge in [-0.15, -0.1) is 11.3 Å². The highest BCUT2D eigenvalue weighted by molar-refractivity contribution is 7.18. The third-order valence-electron chi connectivity index (χ3n) is 3.91. The molecule has 20 heavy (non-hydrogen) atoms. The first-order valence-corrected chi connectivity index (χ1v) is 8.35. The lowest BCUT2D eigenvalue weighted by molar-refractivity contribution is 0.0960. The molecule has 1 heterocycles. The Bertz CT molecular complexity index is 458. The molecule has 0 aromatic carbocycles. The molecule has 1 aliphatic rings. The quantitative estimate of drug-likeness (QED) is 0.745. The first-order chi connectivity index (χ1) is 9.60. The van der Waals surface area contributed by atoms with E-state index in [2.05, 4.69) is 17.6 Å². The number of thiophene rings is 1. The molecule has 5 heteroatoms. The van der Waals surface area contributed by atoms with Gasteiger partial charge in [0.1, 0.15) is 4.88 Å². The standard InChI is InChI=1S/C15H25N3OS/c1-3-17-15(19)14-12(16)9-13(20-14)18-11-6-4-5-10(2)7-8-11/h9-11,18H,3-8,16H2,1-2H3,(H,17,19). The van der Waals surface area contributed by atoms with Crippen molar-refractivity contribution in [3.05, 3.63) is 10.9 Å². The molecule has 1 fully saturated rings. The van der Waals surface area contributed by atoms with Gasteiger partial charge in [0.25, 0.3) is 5.91 Å². The van der Waals surface area contributed by atoms with Crippen molar-refractivity contribution < 1.29 is 4.79 Å². The molecule has 1 aromatic heterocycles. The molecule has 4 N–H and O–H groups in total. The molecule has 1 amide bonds. The van der Waals surface area contributed by atoms with E-state index >= 15 is 0 Å². The summed E-state index contributed by atoms with van der Waals surface area (Å²) in [5.74, 6) is 0.763. The van der Waals surface area contributed by atoms with Gasteiger partial charge >= 0.3 is 0 Å². The van der Waals surface area contributed by atoms with E-state index in [0.717, 1.165) is 10.9 Å². The fourth-order valence-electron chi connectivity index (χ4n) is 2.73. The van der Waals surface area contributed by atoms with Crippen LogP contribution >= 0.6 is 11.3 Å². The van der Waals surface area contributed by atoms with Gasteiger partial charge in [0.2, 0.25) is 0 Å². The molecular weight excluding hydrogens is 270 g/mol. The van der Waals surface area contributed by atoms with Crippen molar-refractivity contribution in [3.63, 3.8) is 0 Å². The summed E-state index contributed by atoms with van der Waals surface area (Å²) >= 11 is 1.46. The van der Waals surface area contributed by atoms with E-state index in [1.165, 1.54) is 43.4 Å². The fourth-order valence-corrected chi connectivity index (χ4v) is 3.70. The third kappa shape index (κ3) is 3.88. The van der Waals surface area contributed by atoms with Gasteiger partial charge in [-0.2, -0.15) is 0 Å². The minimum absolute atomic E-state index is 0.0717. The van der Waals surface area contributed by atoms with Crippen LogP contribution in [0.1, 0.15) is 55.6 Å². The van der Waals surface area contributed by atoms with Crippen LogP contribution in [0.2, 0.25) is 0 Å². The predicted molar refractivity (Wildman–Crippen MR) is 86.4 cm³/mol. The van der Waals surface area contributed by atoms with E-state index in [0.29, 0.717) is 23.2 Å². The van der Waals surface area contributed by atoms with Gasteiger partial charge in [-0.1, -0.05) is 19.8 Å². The summed E-state index contributed by atoms with van der Waals surface area (Å²) in [6, 6.07) is 2.41. The molecule has 1 aliphatic carbocycles. The number of hydrogen-bond donors (Lipinski definition) is 3. The van der Waals surface area contributed by atoms with Crippen LogP contribution in [0.25, 0.3) is 0 Å². The lowest BCUT2D eigenvalue weighted by Gasteiger charge is -2.16. The molecule has 1 aromatic rings. The summed E-state index contributed by atoms with van der Waals surface area (Å²) in [6.45, 7) is 4.87. The molecule has 0 radical (unpaired) electrons. The lowest BCUT2D eigenvalue weighted by Crippen LogP contribution is -2.22. The number of nitrogens with two attached hydrogens (primary N) is 1. The average Bonchev–Trinajstić information content (AvgIpc) is 2.64. The maximum absolute atomic E-state index is 11.9. The third-order valence-corrected chi connectivity index (χ3v) is 4.99. The second-order valence-corrected chi connectivity index (χ2v) is 6.76. The predicted octanol–water partition coefficient (Wildman–Crippen LogP) is 3.46. The van der Waals surface area contributed by atoms with Gasteiger partial charge in [-0.25, -0.2) is 0 Å². The molecule has 112 valence electrons. The molecule has 0 spiro atoms. The number of hydrogen-bond acceptors (Lipinski definition) is 4. The van der Waals surface area contributed by atoms with Crippen molar-refractivity contribution in [1.82, 2.24) is 5.32 Å².